The lowest BCUT2D eigenvalue weighted by molar-refractivity contribution is -0.131. The molecule has 0 atom stereocenters. The van der Waals surface area contributed by atoms with Crippen LogP contribution in [0.4, 0.5) is 0 Å². The number of carboxylic acid groups (broad SMARTS) is 1. The van der Waals surface area contributed by atoms with Crippen LogP contribution in [0.3, 0.4) is 0 Å². The van der Waals surface area contributed by atoms with Crippen LogP contribution in [-0.4, -0.2) is 32.1 Å². The summed E-state index contributed by atoms with van der Waals surface area (Å²) >= 11 is 0. The molecule has 3 aromatic rings. The molecule has 3 aromatic carbocycles. The molecule has 0 bridgehead atoms. The van der Waals surface area contributed by atoms with Gasteiger partial charge in [0.05, 0.1) is 7.11 Å². The van der Waals surface area contributed by atoms with Gasteiger partial charge in [-0.25, -0.2) is 4.79 Å². The summed E-state index contributed by atoms with van der Waals surface area (Å²) in [5, 5.41) is 9.14. The van der Waals surface area contributed by atoms with E-state index in [1.807, 2.05) is 42.5 Å². The van der Waals surface area contributed by atoms with Crippen LogP contribution in [0.15, 0.2) is 60.7 Å². The van der Waals surface area contributed by atoms with Crippen molar-refractivity contribution in [1.82, 2.24) is 0 Å². The predicted molar refractivity (Wildman–Crippen MR) is 154 cm³/mol. The standard InChI is InChI=1S/C33H38O6/c1-32(2)14-15-33(3,4)28-19-30(38-20-23-8-7-9-24(16-23)39-21-36-5)26(18-27(28)32)25-17-22(11-13-31(34)35)10-12-29(25)37-6/h7-13,16-19H,14-15,20-21H2,1-6H3,(H,34,35)/b13-11+. The Morgan fingerprint density at radius 3 is 2.23 bits per heavy atom. The Morgan fingerprint density at radius 2 is 1.56 bits per heavy atom. The average Bonchev–Trinajstić information content (AvgIpc) is 2.92. The molecule has 0 aliphatic heterocycles. The monoisotopic (exact) mass is 530 g/mol. The van der Waals surface area contributed by atoms with Crippen molar-refractivity contribution in [3.8, 4) is 28.4 Å². The highest BCUT2D eigenvalue weighted by atomic mass is 16.7. The van der Waals surface area contributed by atoms with Gasteiger partial charge < -0.3 is 24.1 Å². The summed E-state index contributed by atoms with van der Waals surface area (Å²) in [4.78, 5) is 11.2. The summed E-state index contributed by atoms with van der Waals surface area (Å²) in [5.41, 5.74) is 6.08. The molecule has 4 rings (SSSR count). The van der Waals surface area contributed by atoms with Crippen LogP contribution >= 0.6 is 0 Å². The third kappa shape index (κ3) is 6.45. The second-order valence-corrected chi connectivity index (χ2v) is 11.3. The molecular weight excluding hydrogens is 492 g/mol. The van der Waals surface area contributed by atoms with E-state index in [0.717, 1.165) is 46.9 Å². The van der Waals surface area contributed by atoms with Crippen molar-refractivity contribution in [3.05, 3.63) is 82.9 Å². The SMILES string of the molecule is COCOc1cccc(COc2cc3c(cc2-c2cc(/C=C/C(=O)O)ccc2OC)C(C)(C)CCC3(C)C)c1. The highest BCUT2D eigenvalue weighted by Crippen LogP contribution is 2.50. The number of aliphatic carboxylic acids is 1. The molecule has 0 fully saturated rings. The Balaban J connectivity index is 1.84. The van der Waals surface area contributed by atoms with Crippen LogP contribution in [0.5, 0.6) is 17.2 Å². The Bertz CT molecular complexity index is 1370. The Morgan fingerprint density at radius 1 is 0.872 bits per heavy atom. The minimum atomic E-state index is -0.995. The van der Waals surface area contributed by atoms with Gasteiger partial charge in [-0.3, -0.25) is 0 Å². The first-order chi connectivity index (χ1) is 18.5. The Labute approximate surface area is 231 Å². The van der Waals surface area contributed by atoms with Crippen molar-refractivity contribution in [2.45, 2.75) is 58.0 Å². The number of carbonyl (C=O) groups is 1. The van der Waals surface area contributed by atoms with Gasteiger partial charge in [0, 0.05) is 24.3 Å². The zero-order chi connectivity index (χ0) is 28.2. The number of rotatable bonds is 10. The minimum Gasteiger partial charge on any atom is -0.496 e. The van der Waals surface area contributed by atoms with E-state index in [1.165, 1.54) is 11.1 Å². The zero-order valence-electron chi connectivity index (χ0n) is 23.7. The maximum Gasteiger partial charge on any atom is 0.328 e. The summed E-state index contributed by atoms with van der Waals surface area (Å²) in [6.45, 7) is 9.69. The molecule has 6 nitrogen and oxygen atoms in total. The summed E-state index contributed by atoms with van der Waals surface area (Å²) in [6, 6.07) is 17.9. The first-order valence-corrected chi connectivity index (χ1v) is 13.2. The molecule has 0 saturated carbocycles. The Kier molecular flexibility index (Phi) is 8.36. The van der Waals surface area contributed by atoms with Gasteiger partial charge >= 0.3 is 5.97 Å². The minimum absolute atomic E-state index is 0.000786. The fraction of sp³-hybridized carbons (Fsp3) is 0.364. The number of fused-ring (bicyclic) bond motifs is 1. The maximum atomic E-state index is 11.2. The van der Waals surface area contributed by atoms with Crippen molar-refractivity contribution in [2.75, 3.05) is 21.0 Å². The lowest BCUT2D eigenvalue weighted by Gasteiger charge is -2.42. The van der Waals surface area contributed by atoms with Crippen molar-refractivity contribution in [3.63, 3.8) is 0 Å². The predicted octanol–water partition coefficient (Wildman–Crippen LogP) is 7.37. The third-order valence-corrected chi connectivity index (χ3v) is 7.52. The van der Waals surface area contributed by atoms with Gasteiger partial charge in [-0.05, 0) is 88.4 Å². The molecule has 0 aromatic heterocycles. The normalized spacial score (nSPS) is 15.5. The molecule has 0 saturated heterocycles. The fourth-order valence-electron chi connectivity index (χ4n) is 5.14. The molecule has 0 unspecified atom stereocenters. The van der Waals surface area contributed by atoms with Crippen molar-refractivity contribution in [1.29, 1.82) is 0 Å². The Hall–Kier alpha value is -3.77. The first-order valence-electron chi connectivity index (χ1n) is 13.2. The van der Waals surface area contributed by atoms with E-state index >= 15 is 0 Å². The molecule has 1 N–H and O–H groups in total. The quantitative estimate of drug-likeness (QED) is 0.218. The highest BCUT2D eigenvalue weighted by molar-refractivity contribution is 5.86. The molecule has 6 heteroatoms. The van der Waals surface area contributed by atoms with E-state index in [1.54, 1.807) is 20.3 Å². The van der Waals surface area contributed by atoms with Crippen LogP contribution < -0.4 is 14.2 Å². The van der Waals surface area contributed by atoms with Crippen molar-refractivity contribution < 1.29 is 28.8 Å². The summed E-state index contributed by atoms with van der Waals surface area (Å²) in [5.74, 6) is 1.16. The van der Waals surface area contributed by atoms with Crippen LogP contribution in [0, 0.1) is 0 Å². The first kappa shape index (κ1) is 28.2. The maximum absolute atomic E-state index is 11.2. The van der Waals surface area contributed by atoms with E-state index in [9.17, 15) is 4.79 Å². The second kappa shape index (κ2) is 11.5. The molecule has 1 aliphatic rings. The van der Waals surface area contributed by atoms with Crippen LogP contribution in [-0.2, 0) is 27.0 Å². The van der Waals surface area contributed by atoms with Gasteiger partial charge in [-0.15, -0.1) is 0 Å². The number of benzene rings is 3. The van der Waals surface area contributed by atoms with Gasteiger partial charge in [-0.2, -0.15) is 0 Å². The zero-order valence-corrected chi connectivity index (χ0v) is 23.7. The molecule has 206 valence electrons. The van der Waals surface area contributed by atoms with Crippen molar-refractivity contribution >= 4 is 12.0 Å². The molecule has 39 heavy (non-hydrogen) atoms. The van der Waals surface area contributed by atoms with Gasteiger partial charge in [0.15, 0.2) is 6.79 Å². The van der Waals surface area contributed by atoms with Gasteiger partial charge in [0.1, 0.15) is 23.9 Å². The number of methoxy groups -OCH3 is 2. The van der Waals surface area contributed by atoms with Crippen LogP contribution in [0.1, 0.15) is 62.8 Å². The average molecular weight is 531 g/mol. The van der Waals surface area contributed by atoms with Gasteiger partial charge in [0.2, 0.25) is 0 Å². The number of ether oxygens (including phenoxy) is 4. The fourth-order valence-corrected chi connectivity index (χ4v) is 5.14. The largest absolute Gasteiger partial charge is 0.496 e. The molecule has 0 radical (unpaired) electrons. The second-order valence-electron chi connectivity index (χ2n) is 11.3. The summed E-state index contributed by atoms with van der Waals surface area (Å²) < 4.78 is 22.9. The lowest BCUT2D eigenvalue weighted by Crippen LogP contribution is -2.33. The lowest BCUT2D eigenvalue weighted by atomic mass is 9.62. The topological polar surface area (TPSA) is 74.2 Å². The van der Waals surface area contributed by atoms with E-state index < -0.39 is 5.97 Å². The van der Waals surface area contributed by atoms with E-state index in [0.29, 0.717) is 18.1 Å². The smallest absolute Gasteiger partial charge is 0.328 e. The van der Waals surface area contributed by atoms with E-state index in [-0.39, 0.29) is 17.6 Å². The number of hydrogen-bond donors (Lipinski definition) is 1. The number of hydrogen-bond acceptors (Lipinski definition) is 5. The molecule has 0 spiro atoms. The number of carboxylic acids is 1. The van der Waals surface area contributed by atoms with Gasteiger partial charge in [-0.1, -0.05) is 45.9 Å². The molecule has 0 heterocycles. The summed E-state index contributed by atoms with van der Waals surface area (Å²) in [7, 11) is 3.23. The van der Waals surface area contributed by atoms with E-state index in [4.69, 9.17) is 24.1 Å². The van der Waals surface area contributed by atoms with Gasteiger partial charge in [0.25, 0.3) is 0 Å². The molecule has 0 amide bonds. The van der Waals surface area contributed by atoms with Crippen LogP contribution in [0.25, 0.3) is 17.2 Å². The van der Waals surface area contributed by atoms with Crippen LogP contribution in [0.2, 0.25) is 0 Å². The molecular formula is C33H38O6. The third-order valence-electron chi connectivity index (χ3n) is 7.52. The van der Waals surface area contributed by atoms with E-state index in [2.05, 4.69) is 39.8 Å². The summed E-state index contributed by atoms with van der Waals surface area (Å²) in [6.07, 6.45) is 4.89. The molecule has 1 aliphatic carbocycles. The highest BCUT2D eigenvalue weighted by Gasteiger charge is 2.38. The van der Waals surface area contributed by atoms with Crippen molar-refractivity contribution in [2.24, 2.45) is 0 Å².